The Morgan fingerprint density at radius 3 is 2.50 bits per heavy atom. The zero-order chi connectivity index (χ0) is 27.4. The highest BCUT2D eigenvalue weighted by Gasteiger charge is 2.18. The summed E-state index contributed by atoms with van der Waals surface area (Å²) in [6, 6.07) is 6.43. The maximum Gasteiger partial charge on any atom is 0.339 e. The fourth-order valence-electron chi connectivity index (χ4n) is 3.91. The largest absolute Gasteiger partial charge is 0.462 e. The molecule has 38 heavy (non-hydrogen) atoms. The van der Waals surface area contributed by atoms with Crippen molar-refractivity contribution in [3.63, 3.8) is 0 Å². The first kappa shape index (κ1) is 27.2. The van der Waals surface area contributed by atoms with Crippen LogP contribution in [0.2, 0.25) is 25.7 Å². The van der Waals surface area contributed by atoms with Crippen LogP contribution >= 0.6 is 0 Å². The molecule has 0 aliphatic rings. The van der Waals surface area contributed by atoms with Crippen molar-refractivity contribution in [1.82, 2.24) is 24.3 Å². The molecule has 0 saturated heterocycles. The molecule has 4 aromatic rings. The molecular weight excluding hydrogens is 500 g/mol. The van der Waals surface area contributed by atoms with Gasteiger partial charge in [0.1, 0.15) is 12.4 Å². The molecule has 0 fully saturated rings. The molecule has 0 radical (unpaired) electrons. The molecule has 200 valence electrons. The Hall–Kier alpha value is -3.83. The Balaban J connectivity index is 1.61. The Morgan fingerprint density at radius 1 is 1.05 bits per heavy atom. The molecule has 1 N–H and O–H groups in total. The van der Waals surface area contributed by atoms with Crippen molar-refractivity contribution in [3.8, 4) is 11.3 Å². The van der Waals surface area contributed by atoms with Crippen molar-refractivity contribution < 1.29 is 19.1 Å². The molecule has 0 spiro atoms. The summed E-state index contributed by atoms with van der Waals surface area (Å²) in [5.74, 6) is -0.845. The number of anilines is 1. The summed E-state index contributed by atoms with van der Waals surface area (Å²) in [5, 5.41) is 7.97. The lowest BCUT2D eigenvalue weighted by Gasteiger charge is -2.16. The molecule has 11 heteroatoms. The van der Waals surface area contributed by atoms with Gasteiger partial charge < -0.3 is 19.4 Å². The predicted octanol–water partition coefficient (Wildman–Crippen LogP) is 4.88. The van der Waals surface area contributed by atoms with E-state index in [1.807, 2.05) is 23.9 Å². The molecule has 4 aromatic heterocycles. The smallest absolute Gasteiger partial charge is 0.339 e. The van der Waals surface area contributed by atoms with Crippen LogP contribution in [0.5, 0.6) is 0 Å². The monoisotopic (exact) mass is 534 g/mol. The van der Waals surface area contributed by atoms with Crippen LogP contribution in [0.1, 0.15) is 33.3 Å². The second-order valence-corrected chi connectivity index (χ2v) is 16.0. The minimum Gasteiger partial charge on any atom is -0.462 e. The first-order chi connectivity index (χ1) is 18.1. The summed E-state index contributed by atoms with van der Waals surface area (Å²) in [5.41, 5.74) is 4.24. The lowest BCUT2D eigenvalue weighted by Crippen LogP contribution is -2.22. The van der Waals surface area contributed by atoms with Gasteiger partial charge in [0.2, 0.25) is 0 Å². The van der Waals surface area contributed by atoms with E-state index in [1.54, 1.807) is 43.1 Å². The number of aromatic nitrogens is 5. The number of nitrogens with one attached hydrogen (secondary N) is 1. The van der Waals surface area contributed by atoms with Crippen LogP contribution in [-0.2, 0) is 23.3 Å². The Morgan fingerprint density at radius 2 is 1.82 bits per heavy atom. The van der Waals surface area contributed by atoms with Gasteiger partial charge in [0, 0.05) is 51.3 Å². The lowest BCUT2D eigenvalue weighted by molar-refractivity contribution is 0.0525. The van der Waals surface area contributed by atoms with Gasteiger partial charge in [-0.15, -0.1) is 0 Å². The van der Waals surface area contributed by atoms with Crippen molar-refractivity contribution in [1.29, 1.82) is 0 Å². The number of carbonyl (C=O) groups excluding carboxylic acids is 2. The number of aryl methyl sites for hydroxylation is 2. The van der Waals surface area contributed by atoms with E-state index in [-0.39, 0.29) is 18.1 Å². The van der Waals surface area contributed by atoms with Crippen LogP contribution in [0.15, 0.2) is 43.0 Å². The van der Waals surface area contributed by atoms with E-state index in [4.69, 9.17) is 9.47 Å². The topological polar surface area (TPSA) is 113 Å². The van der Waals surface area contributed by atoms with Crippen LogP contribution in [-0.4, -0.2) is 57.5 Å². The van der Waals surface area contributed by atoms with E-state index >= 15 is 0 Å². The van der Waals surface area contributed by atoms with Gasteiger partial charge in [-0.25, -0.2) is 9.78 Å². The highest BCUT2D eigenvalue weighted by molar-refractivity contribution is 6.76. The third-order valence-corrected chi connectivity index (χ3v) is 7.76. The zero-order valence-electron chi connectivity index (χ0n) is 22.7. The molecule has 0 unspecified atom stereocenters. The number of fused-ring (bicyclic) bond motifs is 1. The van der Waals surface area contributed by atoms with Gasteiger partial charge in [0.05, 0.1) is 41.0 Å². The standard InChI is InChI=1S/C27H34N6O4Si/c1-7-37-27(35)21-11-23(18(2)28-14-21)31-26(34)20-10-19-12-24(22-15-30-32(3)16-22)33(25(19)29-13-20)17-36-8-9-38(4,5)6/h10-16H,7-9,17H2,1-6H3,(H,31,34). The highest BCUT2D eigenvalue weighted by atomic mass is 28.3. The third kappa shape index (κ3) is 6.35. The average molecular weight is 535 g/mol. The molecule has 0 aliphatic carbocycles. The average Bonchev–Trinajstić information content (AvgIpc) is 3.45. The van der Waals surface area contributed by atoms with Crippen LogP contribution in [0.3, 0.4) is 0 Å². The molecule has 0 aliphatic heterocycles. The number of carbonyl (C=O) groups is 2. The van der Waals surface area contributed by atoms with Gasteiger partial charge >= 0.3 is 5.97 Å². The molecule has 0 atom stereocenters. The van der Waals surface area contributed by atoms with Crippen LogP contribution in [0, 0.1) is 6.92 Å². The zero-order valence-corrected chi connectivity index (χ0v) is 23.7. The summed E-state index contributed by atoms with van der Waals surface area (Å²) in [7, 11) is 0.655. The first-order valence-electron chi connectivity index (χ1n) is 12.6. The minimum absolute atomic E-state index is 0.254. The molecule has 4 heterocycles. The molecule has 0 aromatic carbocycles. The number of hydrogen-bond acceptors (Lipinski definition) is 7. The third-order valence-electron chi connectivity index (χ3n) is 6.06. The fourth-order valence-corrected chi connectivity index (χ4v) is 4.66. The predicted molar refractivity (Wildman–Crippen MR) is 149 cm³/mol. The number of pyridine rings is 2. The summed E-state index contributed by atoms with van der Waals surface area (Å²) in [6.07, 6.45) is 6.71. The summed E-state index contributed by atoms with van der Waals surface area (Å²) in [4.78, 5) is 34.1. The van der Waals surface area contributed by atoms with Crippen molar-refractivity contribution in [2.45, 2.75) is 46.3 Å². The maximum atomic E-state index is 13.2. The number of amides is 1. The van der Waals surface area contributed by atoms with Crippen molar-refractivity contribution >= 4 is 36.7 Å². The van der Waals surface area contributed by atoms with E-state index in [2.05, 4.69) is 40.0 Å². The van der Waals surface area contributed by atoms with Crippen LogP contribution in [0.4, 0.5) is 5.69 Å². The quantitative estimate of drug-likeness (QED) is 0.175. The number of hydrogen-bond donors (Lipinski definition) is 1. The van der Waals surface area contributed by atoms with E-state index in [0.717, 1.165) is 28.3 Å². The van der Waals surface area contributed by atoms with Gasteiger partial charge in [0.25, 0.3) is 5.91 Å². The van der Waals surface area contributed by atoms with E-state index in [9.17, 15) is 9.59 Å². The SMILES string of the molecule is CCOC(=O)c1cnc(C)c(NC(=O)c2cnc3c(c2)cc(-c2cnn(C)c2)n3COCC[Si](C)(C)C)c1. The highest BCUT2D eigenvalue weighted by Crippen LogP contribution is 2.28. The number of esters is 1. The second-order valence-electron chi connectivity index (χ2n) is 10.4. The summed E-state index contributed by atoms with van der Waals surface area (Å²) < 4.78 is 14.9. The van der Waals surface area contributed by atoms with E-state index in [0.29, 0.717) is 30.3 Å². The van der Waals surface area contributed by atoms with Gasteiger partial charge in [-0.2, -0.15) is 5.10 Å². The number of ether oxygens (including phenoxy) is 2. The Bertz CT molecular complexity index is 1470. The fraction of sp³-hybridized carbons (Fsp3) is 0.370. The van der Waals surface area contributed by atoms with Crippen molar-refractivity contribution in [2.75, 3.05) is 18.5 Å². The molecule has 4 rings (SSSR count). The lowest BCUT2D eigenvalue weighted by atomic mass is 10.2. The number of rotatable bonds is 10. The summed E-state index contributed by atoms with van der Waals surface area (Å²) >= 11 is 0. The van der Waals surface area contributed by atoms with Gasteiger partial charge in [-0.3, -0.25) is 14.5 Å². The first-order valence-corrected chi connectivity index (χ1v) is 16.3. The molecule has 10 nitrogen and oxygen atoms in total. The van der Waals surface area contributed by atoms with Gasteiger partial charge in [0.15, 0.2) is 0 Å². The van der Waals surface area contributed by atoms with Gasteiger partial charge in [-0.1, -0.05) is 19.6 Å². The van der Waals surface area contributed by atoms with E-state index < -0.39 is 14.0 Å². The minimum atomic E-state index is -1.22. The molecule has 0 bridgehead atoms. The second kappa shape index (κ2) is 11.3. The Kier molecular flexibility index (Phi) is 8.07. The normalized spacial score (nSPS) is 11.6. The molecular formula is C27H34N6O4Si. The molecule has 0 saturated carbocycles. The van der Waals surface area contributed by atoms with Gasteiger partial charge in [-0.05, 0) is 38.1 Å². The van der Waals surface area contributed by atoms with E-state index in [1.165, 1.54) is 6.20 Å². The molecule has 1 amide bonds. The Labute approximate surface area is 223 Å². The van der Waals surface area contributed by atoms with Crippen molar-refractivity contribution in [2.24, 2.45) is 7.05 Å². The maximum absolute atomic E-state index is 13.2. The number of nitrogens with zero attached hydrogens (tertiary/aromatic N) is 5. The van der Waals surface area contributed by atoms with Crippen molar-refractivity contribution in [3.05, 3.63) is 59.8 Å². The van der Waals surface area contributed by atoms with Crippen LogP contribution in [0.25, 0.3) is 22.3 Å². The summed E-state index contributed by atoms with van der Waals surface area (Å²) in [6.45, 7) is 11.7. The van der Waals surface area contributed by atoms with Crippen LogP contribution < -0.4 is 5.32 Å².